The molecule has 0 saturated carbocycles. The molecular weight excluding hydrogens is 277 g/mol. The van der Waals surface area contributed by atoms with Crippen LogP contribution in [0.1, 0.15) is 5.56 Å². The first-order chi connectivity index (χ1) is 7.15. The van der Waals surface area contributed by atoms with Crippen LogP contribution in [0.3, 0.4) is 0 Å². The van der Waals surface area contributed by atoms with Crippen molar-refractivity contribution < 1.29 is 4.74 Å². The van der Waals surface area contributed by atoms with Gasteiger partial charge in [-0.15, -0.1) is 0 Å². The van der Waals surface area contributed by atoms with Crippen LogP contribution in [0.4, 0.5) is 0 Å². The summed E-state index contributed by atoms with van der Waals surface area (Å²) >= 11 is 9.29. The molecule has 0 fully saturated rings. The normalized spacial score (nSPS) is 10.1. The van der Waals surface area contributed by atoms with Crippen LogP contribution in [0.5, 0.6) is 5.75 Å². The highest BCUT2D eigenvalue weighted by atomic mass is 79.9. The van der Waals surface area contributed by atoms with Gasteiger partial charge >= 0.3 is 0 Å². The molecule has 0 unspecified atom stereocenters. The molecule has 0 bridgehead atoms. The third-order valence-electron chi connectivity index (χ3n) is 1.85. The molecule has 1 rings (SSSR count). The van der Waals surface area contributed by atoms with E-state index < -0.39 is 0 Å². The van der Waals surface area contributed by atoms with Gasteiger partial charge in [-0.2, -0.15) is 0 Å². The smallest absolute Gasteiger partial charge is 0.124 e. The van der Waals surface area contributed by atoms with Gasteiger partial charge in [0.05, 0.1) is 0 Å². The van der Waals surface area contributed by atoms with Crippen LogP contribution in [-0.2, 0) is 6.42 Å². The van der Waals surface area contributed by atoms with E-state index in [0.717, 1.165) is 15.8 Å². The monoisotopic (exact) mass is 289 g/mol. The summed E-state index contributed by atoms with van der Waals surface area (Å²) < 4.78 is 6.34. The molecular formula is C11H13BrClNO. The van der Waals surface area contributed by atoms with Crippen molar-refractivity contribution in [3.63, 3.8) is 0 Å². The summed E-state index contributed by atoms with van der Waals surface area (Å²) in [4.78, 5) is 0. The van der Waals surface area contributed by atoms with Crippen LogP contribution < -0.4 is 10.5 Å². The van der Waals surface area contributed by atoms with Gasteiger partial charge in [-0.3, -0.25) is 0 Å². The fraction of sp³-hybridized carbons (Fsp3) is 0.273. The Labute approximate surface area is 103 Å². The molecule has 0 aliphatic heterocycles. The number of nitrogens with two attached hydrogens (primary N) is 1. The van der Waals surface area contributed by atoms with E-state index in [1.807, 2.05) is 18.2 Å². The lowest BCUT2D eigenvalue weighted by atomic mass is 10.1. The van der Waals surface area contributed by atoms with Crippen molar-refractivity contribution in [1.82, 2.24) is 0 Å². The molecule has 0 atom stereocenters. The lowest BCUT2D eigenvalue weighted by Gasteiger charge is -2.11. The van der Waals surface area contributed by atoms with E-state index in [-0.39, 0.29) is 0 Å². The van der Waals surface area contributed by atoms with E-state index in [1.54, 1.807) is 0 Å². The predicted molar refractivity (Wildman–Crippen MR) is 67.8 cm³/mol. The lowest BCUT2D eigenvalue weighted by molar-refractivity contribution is 0.357. The minimum atomic E-state index is 0.428. The van der Waals surface area contributed by atoms with Crippen molar-refractivity contribution in [2.45, 2.75) is 6.42 Å². The first-order valence-corrected chi connectivity index (χ1v) is 5.75. The van der Waals surface area contributed by atoms with E-state index >= 15 is 0 Å². The third kappa shape index (κ3) is 3.86. The Bertz CT molecular complexity index is 354. The van der Waals surface area contributed by atoms with Gasteiger partial charge in [0.25, 0.3) is 0 Å². The largest absolute Gasteiger partial charge is 0.488 e. The van der Waals surface area contributed by atoms with E-state index in [4.69, 9.17) is 22.1 Å². The zero-order valence-corrected chi connectivity index (χ0v) is 10.6. The highest BCUT2D eigenvalue weighted by Gasteiger charge is 2.07. The summed E-state index contributed by atoms with van der Waals surface area (Å²) in [7, 11) is 0. The fourth-order valence-corrected chi connectivity index (χ4v) is 1.59. The van der Waals surface area contributed by atoms with Crippen LogP contribution in [0, 0.1) is 0 Å². The Kier molecular flexibility index (Phi) is 5.15. The molecule has 0 aliphatic carbocycles. The summed E-state index contributed by atoms with van der Waals surface area (Å²) in [5.74, 6) is 0.772. The zero-order valence-electron chi connectivity index (χ0n) is 8.30. The molecule has 15 heavy (non-hydrogen) atoms. The predicted octanol–water partition coefficient (Wildman–Crippen LogP) is 3.13. The van der Waals surface area contributed by atoms with Crippen LogP contribution in [0.15, 0.2) is 29.3 Å². The lowest BCUT2D eigenvalue weighted by Crippen LogP contribution is -2.06. The maximum Gasteiger partial charge on any atom is 0.124 e. The highest BCUT2D eigenvalue weighted by Crippen LogP contribution is 2.27. The van der Waals surface area contributed by atoms with Gasteiger partial charge in [-0.25, -0.2) is 0 Å². The topological polar surface area (TPSA) is 35.2 Å². The van der Waals surface area contributed by atoms with Crippen molar-refractivity contribution in [3.8, 4) is 5.75 Å². The molecule has 82 valence electrons. The second kappa shape index (κ2) is 6.16. The SMILES string of the molecule is C=C(Br)COc1cccc(Cl)c1CCN. The van der Waals surface area contributed by atoms with Crippen LogP contribution >= 0.6 is 27.5 Å². The molecule has 0 radical (unpaired) electrons. The van der Waals surface area contributed by atoms with Crippen molar-refractivity contribution in [2.75, 3.05) is 13.2 Å². The number of ether oxygens (including phenoxy) is 1. The molecule has 2 nitrogen and oxygen atoms in total. The van der Waals surface area contributed by atoms with Gasteiger partial charge < -0.3 is 10.5 Å². The van der Waals surface area contributed by atoms with Crippen LogP contribution in [0.2, 0.25) is 5.02 Å². The first-order valence-electron chi connectivity index (χ1n) is 4.58. The maximum absolute atomic E-state index is 6.05. The summed E-state index contributed by atoms with van der Waals surface area (Å²) in [6, 6.07) is 5.57. The Morgan fingerprint density at radius 1 is 1.53 bits per heavy atom. The van der Waals surface area contributed by atoms with Crippen molar-refractivity contribution in [2.24, 2.45) is 5.73 Å². The molecule has 1 aromatic rings. The molecule has 0 heterocycles. The second-order valence-corrected chi connectivity index (χ2v) is 4.59. The Morgan fingerprint density at radius 2 is 2.27 bits per heavy atom. The molecule has 0 spiro atoms. The molecule has 1 aromatic carbocycles. The number of hydrogen-bond donors (Lipinski definition) is 1. The van der Waals surface area contributed by atoms with Gasteiger partial charge in [-0.1, -0.05) is 40.2 Å². The maximum atomic E-state index is 6.05. The average Bonchev–Trinajstić information content (AvgIpc) is 2.19. The van der Waals surface area contributed by atoms with E-state index in [1.165, 1.54) is 0 Å². The Hall–Kier alpha value is -0.510. The summed E-state index contributed by atoms with van der Waals surface area (Å²) in [6.45, 7) is 4.68. The van der Waals surface area contributed by atoms with Crippen molar-refractivity contribution in [1.29, 1.82) is 0 Å². The molecule has 2 N–H and O–H groups in total. The van der Waals surface area contributed by atoms with Gasteiger partial charge in [0.2, 0.25) is 0 Å². The van der Waals surface area contributed by atoms with Crippen LogP contribution in [0.25, 0.3) is 0 Å². The quantitative estimate of drug-likeness (QED) is 0.904. The summed E-state index contributed by atoms with van der Waals surface area (Å²) in [5, 5.41) is 0.693. The van der Waals surface area contributed by atoms with Crippen molar-refractivity contribution in [3.05, 3.63) is 39.8 Å². The Morgan fingerprint density at radius 3 is 2.87 bits per heavy atom. The number of hydrogen-bond acceptors (Lipinski definition) is 2. The van der Waals surface area contributed by atoms with E-state index in [0.29, 0.717) is 24.6 Å². The molecule has 0 saturated heterocycles. The number of rotatable bonds is 5. The average molecular weight is 291 g/mol. The molecule has 4 heteroatoms. The van der Waals surface area contributed by atoms with Gasteiger partial charge in [0.1, 0.15) is 12.4 Å². The molecule has 0 amide bonds. The standard InChI is InChI=1S/C11H13BrClNO/c1-8(12)7-15-11-4-2-3-10(13)9(11)5-6-14/h2-4H,1,5-7,14H2. The van der Waals surface area contributed by atoms with E-state index in [2.05, 4.69) is 22.5 Å². The van der Waals surface area contributed by atoms with Crippen molar-refractivity contribution >= 4 is 27.5 Å². The first kappa shape index (κ1) is 12.6. The summed E-state index contributed by atoms with van der Waals surface area (Å²) in [6.07, 6.45) is 0.712. The third-order valence-corrected chi connectivity index (χ3v) is 2.44. The minimum absolute atomic E-state index is 0.428. The van der Waals surface area contributed by atoms with Crippen LogP contribution in [-0.4, -0.2) is 13.2 Å². The summed E-state index contributed by atoms with van der Waals surface area (Å²) in [5.41, 5.74) is 6.47. The molecule has 0 aliphatic rings. The van der Waals surface area contributed by atoms with E-state index in [9.17, 15) is 0 Å². The van der Waals surface area contributed by atoms with Gasteiger partial charge in [-0.05, 0) is 25.1 Å². The Balaban J connectivity index is 2.85. The molecule has 0 aromatic heterocycles. The van der Waals surface area contributed by atoms with Gasteiger partial charge in [0.15, 0.2) is 0 Å². The number of benzene rings is 1. The highest BCUT2D eigenvalue weighted by molar-refractivity contribution is 9.11. The van der Waals surface area contributed by atoms with Gasteiger partial charge in [0, 0.05) is 15.1 Å². The minimum Gasteiger partial charge on any atom is -0.488 e. The second-order valence-electron chi connectivity index (χ2n) is 3.06. The fourth-order valence-electron chi connectivity index (χ4n) is 1.22. The zero-order chi connectivity index (χ0) is 11.3. The number of halogens is 2.